The average Bonchev–Trinajstić information content (AvgIpc) is 2.82. The van der Waals surface area contributed by atoms with Crippen LogP contribution in [0.15, 0.2) is 42.6 Å². The Labute approximate surface area is 108 Å². The zero-order chi connectivity index (χ0) is 13.2. The SMILES string of the molecule is O=Cc1ccc2nc(Cc3ccc(F)cc3)nn2c1. The predicted octanol–water partition coefficient (Wildman–Crippen LogP) is 2.27. The molecule has 0 radical (unpaired) electrons. The lowest BCUT2D eigenvalue weighted by Crippen LogP contribution is -1.93. The number of fused-ring (bicyclic) bond motifs is 1. The summed E-state index contributed by atoms with van der Waals surface area (Å²) >= 11 is 0. The van der Waals surface area contributed by atoms with Gasteiger partial charge in [-0.25, -0.2) is 13.9 Å². The fraction of sp³-hybridized carbons (Fsp3) is 0.0714. The van der Waals surface area contributed by atoms with Crippen molar-refractivity contribution >= 4 is 11.9 Å². The molecule has 2 heterocycles. The summed E-state index contributed by atoms with van der Waals surface area (Å²) < 4.78 is 14.4. The molecule has 0 saturated carbocycles. The lowest BCUT2D eigenvalue weighted by atomic mass is 10.1. The first-order valence-electron chi connectivity index (χ1n) is 5.79. The Morgan fingerprint density at radius 2 is 1.95 bits per heavy atom. The molecular weight excluding hydrogens is 245 g/mol. The number of halogens is 1. The molecule has 19 heavy (non-hydrogen) atoms. The number of hydrogen-bond acceptors (Lipinski definition) is 3. The Hall–Kier alpha value is -2.56. The van der Waals surface area contributed by atoms with Crippen molar-refractivity contribution in [2.24, 2.45) is 0 Å². The molecule has 0 aliphatic rings. The highest BCUT2D eigenvalue weighted by atomic mass is 19.1. The smallest absolute Gasteiger partial charge is 0.156 e. The lowest BCUT2D eigenvalue weighted by molar-refractivity contribution is 0.112. The van der Waals surface area contributed by atoms with Gasteiger partial charge < -0.3 is 0 Å². The van der Waals surface area contributed by atoms with Crippen LogP contribution in [0.5, 0.6) is 0 Å². The highest BCUT2D eigenvalue weighted by Gasteiger charge is 2.05. The van der Waals surface area contributed by atoms with Gasteiger partial charge in [0.2, 0.25) is 0 Å². The van der Waals surface area contributed by atoms with Gasteiger partial charge in [0, 0.05) is 18.2 Å². The topological polar surface area (TPSA) is 47.3 Å². The fourth-order valence-corrected chi connectivity index (χ4v) is 1.87. The average molecular weight is 255 g/mol. The van der Waals surface area contributed by atoms with Crippen LogP contribution in [0, 0.1) is 5.82 Å². The van der Waals surface area contributed by atoms with Crippen LogP contribution in [-0.4, -0.2) is 20.9 Å². The molecule has 4 nitrogen and oxygen atoms in total. The third-order valence-corrected chi connectivity index (χ3v) is 2.81. The van der Waals surface area contributed by atoms with E-state index in [1.54, 1.807) is 35.0 Å². The van der Waals surface area contributed by atoms with E-state index in [-0.39, 0.29) is 5.82 Å². The molecular formula is C14H10FN3O. The standard InChI is InChI=1S/C14H10FN3O/c15-12-4-1-10(2-5-12)7-13-16-14-6-3-11(9-19)8-18(14)17-13/h1-6,8-9H,7H2. The molecule has 0 unspecified atom stereocenters. The van der Waals surface area contributed by atoms with Crippen LogP contribution >= 0.6 is 0 Å². The number of benzene rings is 1. The highest BCUT2D eigenvalue weighted by molar-refractivity contribution is 5.74. The fourth-order valence-electron chi connectivity index (χ4n) is 1.87. The first-order valence-corrected chi connectivity index (χ1v) is 5.79. The Kier molecular flexibility index (Phi) is 2.79. The second kappa shape index (κ2) is 4.61. The number of hydrogen-bond donors (Lipinski definition) is 0. The minimum absolute atomic E-state index is 0.262. The Balaban J connectivity index is 1.92. The van der Waals surface area contributed by atoms with E-state index in [4.69, 9.17) is 0 Å². The molecule has 0 spiro atoms. The summed E-state index contributed by atoms with van der Waals surface area (Å²) in [6.45, 7) is 0. The molecule has 3 aromatic rings. The van der Waals surface area contributed by atoms with Gasteiger partial charge in [-0.1, -0.05) is 12.1 Å². The largest absolute Gasteiger partial charge is 0.298 e. The van der Waals surface area contributed by atoms with Crippen LogP contribution in [0.3, 0.4) is 0 Å². The van der Waals surface area contributed by atoms with Crippen LogP contribution in [0.4, 0.5) is 4.39 Å². The molecule has 2 aromatic heterocycles. The zero-order valence-electron chi connectivity index (χ0n) is 9.95. The van der Waals surface area contributed by atoms with Gasteiger partial charge in [-0.3, -0.25) is 4.79 Å². The molecule has 0 N–H and O–H groups in total. The number of carbonyl (C=O) groups is 1. The van der Waals surface area contributed by atoms with Gasteiger partial charge in [0.25, 0.3) is 0 Å². The third kappa shape index (κ3) is 2.35. The zero-order valence-corrected chi connectivity index (χ0v) is 9.95. The normalized spacial score (nSPS) is 10.8. The number of rotatable bonds is 3. The number of aromatic nitrogens is 3. The van der Waals surface area contributed by atoms with Crippen molar-refractivity contribution in [1.82, 2.24) is 14.6 Å². The Morgan fingerprint density at radius 3 is 2.68 bits per heavy atom. The van der Waals surface area contributed by atoms with Crippen molar-refractivity contribution in [1.29, 1.82) is 0 Å². The first kappa shape index (κ1) is 11.5. The second-order valence-electron chi connectivity index (χ2n) is 4.21. The number of carbonyl (C=O) groups excluding carboxylic acids is 1. The van der Waals surface area contributed by atoms with Crippen LogP contribution in [0.1, 0.15) is 21.7 Å². The molecule has 0 amide bonds. The van der Waals surface area contributed by atoms with Crippen LogP contribution < -0.4 is 0 Å². The number of pyridine rings is 1. The van der Waals surface area contributed by atoms with E-state index in [0.717, 1.165) is 11.8 Å². The van der Waals surface area contributed by atoms with E-state index in [2.05, 4.69) is 10.1 Å². The molecule has 5 heteroatoms. The van der Waals surface area contributed by atoms with E-state index >= 15 is 0 Å². The molecule has 0 aliphatic heterocycles. The van der Waals surface area contributed by atoms with Crippen LogP contribution in [0.25, 0.3) is 5.65 Å². The van der Waals surface area contributed by atoms with Gasteiger partial charge in [0.05, 0.1) is 0 Å². The Bertz CT molecular complexity index is 734. The minimum Gasteiger partial charge on any atom is -0.298 e. The van der Waals surface area contributed by atoms with Crippen molar-refractivity contribution in [3.05, 3.63) is 65.4 Å². The van der Waals surface area contributed by atoms with E-state index in [1.165, 1.54) is 12.1 Å². The maximum absolute atomic E-state index is 12.8. The minimum atomic E-state index is -0.262. The summed E-state index contributed by atoms with van der Waals surface area (Å²) in [6.07, 6.45) is 2.92. The Morgan fingerprint density at radius 1 is 1.16 bits per heavy atom. The quantitative estimate of drug-likeness (QED) is 0.674. The lowest BCUT2D eigenvalue weighted by Gasteiger charge is -1.96. The summed E-state index contributed by atoms with van der Waals surface area (Å²) in [5.41, 5.74) is 2.17. The molecule has 0 aliphatic carbocycles. The van der Waals surface area contributed by atoms with Crippen molar-refractivity contribution in [2.75, 3.05) is 0 Å². The van der Waals surface area contributed by atoms with Gasteiger partial charge >= 0.3 is 0 Å². The summed E-state index contributed by atoms with van der Waals surface area (Å²) in [5, 5.41) is 4.29. The first-order chi connectivity index (χ1) is 9.24. The van der Waals surface area contributed by atoms with Gasteiger partial charge in [-0.05, 0) is 29.8 Å². The molecule has 0 fully saturated rings. The van der Waals surface area contributed by atoms with Gasteiger partial charge in [-0.15, -0.1) is 0 Å². The summed E-state index contributed by atoms with van der Waals surface area (Å²) in [6, 6.07) is 9.67. The van der Waals surface area contributed by atoms with Gasteiger partial charge in [0.15, 0.2) is 17.8 Å². The van der Waals surface area contributed by atoms with Crippen LogP contribution in [-0.2, 0) is 6.42 Å². The van der Waals surface area contributed by atoms with Crippen LogP contribution in [0.2, 0.25) is 0 Å². The second-order valence-corrected chi connectivity index (χ2v) is 4.21. The maximum Gasteiger partial charge on any atom is 0.156 e. The van der Waals surface area contributed by atoms with Crippen molar-refractivity contribution in [3.8, 4) is 0 Å². The monoisotopic (exact) mass is 255 g/mol. The predicted molar refractivity (Wildman–Crippen MR) is 67.6 cm³/mol. The molecule has 94 valence electrons. The molecule has 1 aromatic carbocycles. The van der Waals surface area contributed by atoms with Gasteiger partial charge in [-0.2, -0.15) is 5.10 Å². The summed E-state index contributed by atoms with van der Waals surface area (Å²) in [4.78, 5) is 15.0. The summed E-state index contributed by atoms with van der Waals surface area (Å²) in [5.74, 6) is 0.372. The molecule has 0 saturated heterocycles. The molecule has 0 atom stereocenters. The molecule has 3 rings (SSSR count). The van der Waals surface area contributed by atoms with E-state index in [0.29, 0.717) is 23.5 Å². The van der Waals surface area contributed by atoms with Crippen molar-refractivity contribution in [3.63, 3.8) is 0 Å². The maximum atomic E-state index is 12.8. The number of aldehydes is 1. The van der Waals surface area contributed by atoms with E-state index < -0.39 is 0 Å². The van der Waals surface area contributed by atoms with Crippen molar-refractivity contribution < 1.29 is 9.18 Å². The molecule has 0 bridgehead atoms. The summed E-state index contributed by atoms with van der Waals surface area (Å²) in [7, 11) is 0. The van der Waals surface area contributed by atoms with Crippen molar-refractivity contribution in [2.45, 2.75) is 6.42 Å². The van der Waals surface area contributed by atoms with E-state index in [9.17, 15) is 9.18 Å². The number of nitrogens with zero attached hydrogens (tertiary/aromatic N) is 3. The van der Waals surface area contributed by atoms with E-state index in [1.807, 2.05) is 0 Å². The van der Waals surface area contributed by atoms with Gasteiger partial charge in [0.1, 0.15) is 5.82 Å². The third-order valence-electron chi connectivity index (χ3n) is 2.81. The highest BCUT2D eigenvalue weighted by Crippen LogP contribution is 2.09.